The van der Waals surface area contributed by atoms with E-state index in [-0.39, 0.29) is 34.6 Å². The molecule has 1 amide bonds. The summed E-state index contributed by atoms with van der Waals surface area (Å²) in [6, 6.07) is 8.06. The van der Waals surface area contributed by atoms with Crippen LogP contribution in [-0.4, -0.2) is 24.0 Å². The molecule has 1 fully saturated rings. The molecule has 4 rings (SSSR count). The second-order valence-corrected chi connectivity index (χ2v) is 9.45. The zero-order chi connectivity index (χ0) is 30.7. The molecule has 0 spiro atoms. The molecule has 1 aliphatic rings. The Bertz CT molecular complexity index is 1470. The van der Waals surface area contributed by atoms with Crippen LogP contribution in [0.1, 0.15) is 53.6 Å². The highest BCUT2D eigenvalue weighted by Gasteiger charge is 2.34. The lowest BCUT2D eigenvalue weighted by Crippen LogP contribution is -2.21. The van der Waals surface area contributed by atoms with E-state index in [2.05, 4.69) is 5.32 Å². The van der Waals surface area contributed by atoms with Gasteiger partial charge in [0.15, 0.2) is 11.5 Å². The largest absolute Gasteiger partial charge is 0.493 e. The maximum atomic E-state index is 13.4. The first kappa shape index (κ1) is 30.5. The van der Waals surface area contributed by atoms with E-state index in [0.717, 1.165) is 62.4 Å². The minimum absolute atomic E-state index is 0.0739. The maximum absolute atomic E-state index is 13.4. The van der Waals surface area contributed by atoms with Crippen molar-refractivity contribution in [1.29, 1.82) is 0 Å². The Hall–Kier alpha value is -4.49. The second kappa shape index (κ2) is 12.2. The molecule has 0 aliphatic heterocycles. The fraction of sp³-hybridized carbons (Fsp3) is 0.321. The van der Waals surface area contributed by atoms with E-state index in [4.69, 9.17) is 14.2 Å². The molecule has 0 aromatic heterocycles. The number of rotatable bonds is 8. The minimum atomic E-state index is -4.82. The van der Waals surface area contributed by atoms with Crippen molar-refractivity contribution in [1.82, 2.24) is 0 Å². The molecule has 14 heteroatoms. The van der Waals surface area contributed by atoms with E-state index in [1.807, 2.05) is 0 Å². The number of halogens is 6. The number of methoxy groups -OCH3 is 1. The van der Waals surface area contributed by atoms with Crippen LogP contribution in [-0.2, 0) is 12.4 Å². The van der Waals surface area contributed by atoms with Crippen molar-refractivity contribution in [3.05, 3.63) is 81.4 Å². The van der Waals surface area contributed by atoms with Crippen LogP contribution in [0.15, 0.2) is 54.6 Å². The maximum Gasteiger partial charge on any atom is 0.416 e. The number of hydrogen-bond donors (Lipinski definition) is 1. The van der Waals surface area contributed by atoms with Crippen LogP contribution < -0.4 is 19.5 Å². The van der Waals surface area contributed by atoms with Crippen LogP contribution in [0, 0.1) is 10.1 Å². The summed E-state index contributed by atoms with van der Waals surface area (Å²) in [5.74, 6) is -1.56. The van der Waals surface area contributed by atoms with Crippen LogP contribution in [0.3, 0.4) is 0 Å². The van der Waals surface area contributed by atoms with Crippen molar-refractivity contribution in [3.8, 4) is 23.0 Å². The van der Waals surface area contributed by atoms with Gasteiger partial charge in [0.25, 0.3) is 5.91 Å². The quantitative estimate of drug-likeness (QED) is 0.159. The topological polar surface area (TPSA) is 99.9 Å². The number of ether oxygens (including phenoxy) is 3. The molecule has 3 aromatic carbocycles. The molecule has 0 saturated heterocycles. The lowest BCUT2D eigenvalue weighted by atomic mass is 9.98. The predicted octanol–water partition coefficient (Wildman–Crippen LogP) is 8.40. The monoisotopic (exact) mass is 598 g/mol. The van der Waals surface area contributed by atoms with Gasteiger partial charge in [-0.2, -0.15) is 26.3 Å². The van der Waals surface area contributed by atoms with Crippen LogP contribution in [0.2, 0.25) is 0 Å². The molecule has 1 N–H and O–H groups in total. The first-order valence-corrected chi connectivity index (χ1v) is 12.7. The van der Waals surface area contributed by atoms with Crippen LogP contribution in [0.4, 0.5) is 37.7 Å². The second-order valence-electron chi connectivity index (χ2n) is 9.45. The molecule has 0 bridgehead atoms. The van der Waals surface area contributed by atoms with E-state index in [9.17, 15) is 41.3 Å². The standard InChI is InChI=1S/C28H24F6N2O6/c1-40-25-13-16(7-10-24(25)42-23-12-9-18(28(32,33)34)15-21(23)36(38)39)26(37)35-20-14-17(27(29,30)31)8-11-22(20)41-19-5-3-2-4-6-19/h7-15,19H,2-6H2,1H3,(H,35,37). The number of anilines is 1. The molecule has 224 valence electrons. The average molecular weight is 598 g/mol. The van der Waals surface area contributed by atoms with Gasteiger partial charge in [-0.15, -0.1) is 0 Å². The summed E-state index contributed by atoms with van der Waals surface area (Å²) in [5, 5.41) is 13.8. The van der Waals surface area contributed by atoms with E-state index in [0.29, 0.717) is 12.1 Å². The van der Waals surface area contributed by atoms with Gasteiger partial charge in [0.2, 0.25) is 5.75 Å². The number of nitro benzene ring substituents is 1. The molecule has 0 radical (unpaired) electrons. The van der Waals surface area contributed by atoms with E-state index in [1.54, 1.807) is 0 Å². The number of nitrogens with one attached hydrogen (secondary N) is 1. The Morgan fingerprint density at radius 2 is 1.43 bits per heavy atom. The number of amides is 1. The van der Waals surface area contributed by atoms with Gasteiger partial charge in [-0.1, -0.05) is 6.42 Å². The smallest absolute Gasteiger partial charge is 0.416 e. The lowest BCUT2D eigenvalue weighted by molar-refractivity contribution is -0.385. The van der Waals surface area contributed by atoms with Gasteiger partial charge in [-0.25, -0.2) is 0 Å². The normalized spacial score (nSPS) is 14.3. The minimum Gasteiger partial charge on any atom is -0.493 e. The van der Waals surface area contributed by atoms with Gasteiger partial charge < -0.3 is 19.5 Å². The molecule has 1 aliphatic carbocycles. The number of alkyl halides is 6. The van der Waals surface area contributed by atoms with Crippen LogP contribution in [0.5, 0.6) is 23.0 Å². The van der Waals surface area contributed by atoms with Crippen molar-refractivity contribution in [2.24, 2.45) is 0 Å². The van der Waals surface area contributed by atoms with Crippen molar-refractivity contribution in [2.75, 3.05) is 12.4 Å². The summed E-state index contributed by atoms with van der Waals surface area (Å²) in [6.45, 7) is 0. The lowest BCUT2D eigenvalue weighted by Gasteiger charge is -2.25. The van der Waals surface area contributed by atoms with Gasteiger partial charge >= 0.3 is 18.0 Å². The number of carbonyl (C=O) groups excluding carboxylic acids is 1. The van der Waals surface area contributed by atoms with Gasteiger partial charge in [-0.05, 0) is 74.2 Å². The van der Waals surface area contributed by atoms with Crippen molar-refractivity contribution in [3.63, 3.8) is 0 Å². The molecule has 0 atom stereocenters. The molecule has 0 unspecified atom stereocenters. The van der Waals surface area contributed by atoms with Crippen molar-refractivity contribution >= 4 is 17.3 Å². The van der Waals surface area contributed by atoms with E-state index >= 15 is 0 Å². The number of nitro groups is 1. The third kappa shape index (κ3) is 7.22. The number of benzene rings is 3. The fourth-order valence-electron chi connectivity index (χ4n) is 4.40. The highest BCUT2D eigenvalue weighted by molar-refractivity contribution is 6.05. The Morgan fingerprint density at radius 3 is 2.02 bits per heavy atom. The molecule has 42 heavy (non-hydrogen) atoms. The number of nitrogens with zero attached hydrogens (tertiary/aromatic N) is 1. The average Bonchev–Trinajstić information content (AvgIpc) is 2.93. The number of hydrogen-bond acceptors (Lipinski definition) is 6. The van der Waals surface area contributed by atoms with E-state index in [1.165, 1.54) is 19.2 Å². The summed E-state index contributed by atoms with van der Waals surface area (Å²) >= 11 is 0. The number of carbonyl (C=O) groups is 1. The summed E-state index contributed by atoms with van der Waals surface area (Å²) < 4.78 is 95.9. The highest BCUT2D eigenvalue weighted by Crippen LogP contribution is 2.41. The summed E-state index contributed by atoms with van der Waals surface area (Å²) in [5.41, 5.74) is -3.47. The summed E-state index contributed by atoms with van der Waals surface area (Å²) in [7, 11) is 1.19. The van der Waals surface area contributed by atoms with Gasteiger partial charge in [-0.3, -0.25) is 14.9 Å². The third-order valence-corrected chi connectivity index (χ3v) is 6.53. The summed E-state index contributed by atoms with van der Waals surface area (Å²) in [4.78, 5) is 23.4. The Morgan fingerprint density at radius 1 is 0.833 bits per heavy atom. The molecule has 1 saturated carbocycles. The van der Waals surface area contributed by atoms with Crippen molar-refractivity contribution in [2.45, 2.75) is 50.6 Å². The van der Waals surface area contributed by atoms with Gasteiger partial charge in [0.05, 0.1) is 35.0 Å². The molecule has 3 aromatic rings. The Kier molecular flexibility index (Phi) is 8.83. The summed E-state index contributed by atoms with van der Waals surface area (Å²) in [6.07, 6.45) is -5.40. The first-order valence-electron chi connectivity index (χ1n) is 12.7. The molecule has 8 nitrogen and oxygen atoms in total. The molecular weight excluding hydrogens is 574 g/mol. The van der Waals surface area contributed by atoms with E-state index < -0.39 is 45.7 Å². The van der Waals surface area contributed by atoms with Gasteiger partial charge in [0, 0.05) is 11.6 Å². The van der Waals surface area contributed by atoms with Gasteiger partial charge in [0.1, 0.15) is 5.75 Å². The first-order chi connectivity index (χ1) is 19.8. The SMILES string of the molecule is COc1cc(C(=O)Nc2cc(C(F)(F)F)ccc2OC2CCCCC2)ccc1Oc1ccc(C(F)(F)F)cc1[N+](=O)[O-]. The zero-order valence-corrected chi connectivity index (χ0v) is 22.0. The predicted molar refractivity (Wildman–Crippen MR) is 138 cm³/mol. The molecular formula is C28H24F6N2O6. The molecule has 0 heterocycles. The highest BCUT2D eigenvalue weighted by atomic mass is 19.4. The van der Waals surface area contributed by atoms with Crippen molar-refractivity contribution < 1.29 is 50.3 Å². The van der Waals surface area contributed by atoms with Crippen LogP contribution >= 0.6 is 0 Å². The Labute approximate surface area is 235 Å². The third-order valence-electron chi connectivity index (χ3n) is 6.53. The van der Waals surface area contributed by atoms with Crippen LogP contribution in [0.25, 0.3) is 0 Å². The fourth-order valence-corrected chi connectivity index (χ4v) is 4.40. The zero-order valence-electron chi connectivity index (χ0n) is 22.0. The Balaban J connectivity index is 1.60.